The second-order valence-electron chi connectivity index (χ2n) is 2.05. The zero-order valence-corrected chi connectivity index (χ0v) is 7.17. The minimum absolute atomic E-state index is 0.709. The molecule has 1 aromatic carbocycles. The number of rotatable bonds is 1. The van der Waals surface area contributed by atoms with Crippen LogP contribution in [0.3, 0.4) is 0 Å². The minimum atomic E-state index is -1.25. The lowest BCUT2D eigenvalue weighted by Gasteiger charge is -2.07. The number of aryl methyl sites for hydroxylation is 1. The number of benzene rings is 1. The van der Waals surface area contributed by atoms with E-state index in [4.69, 9.17) is 0 Å². The molecule has 54 valence electrons. The van der Waals surface area contributed by atoms with E-state index in [9.17, 15) is 4.55 Å². The van der Waals surface area contributed by atoms with Crippen molar-refractivity contribution in [3.8, 4) is 0 Å². The van der Waals surface area contributed by atoms with Crippen LogP contribution in [0.4, 0.5) is 0 Å². The van der Waals surface area contributed by atoms with E-state index >= 15 is 0 Å². The molecular formula is C7H7OS2-. The first kappa shape index (κ1) is 7.85. The van der Waals surface area contributed by atoms with Crippen LogP contribution in [-0.4, -0.2) is 4.55 Å². The van der Waals surface area contributed by atoms with E-state index in [-0.39, 0.29) is 0 Å². The van der Waals surface area contributed by atoms with Gasteiger partial charge in [0.05, 0.1) is 0 Å². The second kappa shape index (κ2) is 3.23. The van der Waals surface area contributed by atoms with Gasteiger partial charge in [-0.3, -0.25) is 0 Å². The summed E-state index contributed by atoms with van der Waals surface area (Å²) in [6.07, 6.45) is 0. The van der Waals surface area contributed by atoms with Gasteiger partial charge in [0, 0.05) is 0 Å². The Morgan fingerprint density at radius 2 is 1.80 bits per heavy atom. The number of hydrogen-bond donors (Lipinski definition) is 0. The first-order valence-corrected chi connectivity index (χ1v) is 4.93. The summed E-state index contributed by atoms with van der Waals surface area (Å²) in [5.74, 6) is 0. The van der Waals surface area contributed by atoms with Crippen molar-refractivity contribution in [3.63, 3.8) is 0 Å². The van der Waals surface area contributed by atoms with Crippen molar-refractivity contribution in [1.82, 2.24) is 0 Å². The van der Waals surface area contributed by atoms with E-state index in [2.05, 4.69) is 11.2 Å². The molecule has 10 heavy (non-hydrogen) atoms. The third-order valence-electron chi connectivity index (χ3n) is 1.21. The van der Waals surface area contributed by atoms with Crippen LogP contribution in [-0.2, 0) is 20.9 Å². The van der Waals surface area contributed by atoms with Gasteiger partial charge < -0.3 is 4.55 Å². The Hall–Kier alpha value is -0.250. The molecule has 1 nitrogen and oxygen atoms in total. The molecule has 1 unspecified atom stereocenters. The maximum atomic E-state index is 10.7. The summed E-state index contributed by atoms with van der Waals surface area (Å²) in [5, 5.41) is 0. The molecule has 0 spiro atoms. The van der Waals surface area contributed by atoms with Gasteiger partial charge in [0.15, 0.2) is 0 Å². The zero-order chi connectivity index (χ0) is 7.56. The van der Waals surface area contributed by atoms with Crippen molar-refractivity contribution >= 4 is 20.9 Å². The van der Waals surface area contributed by atoms with Gasteiger partial charge in [-0.05, 0) is 24.0 Å². The summed E-state index contributed by atoms with van der Waals surface area (Å²) in [6, 6.07) is 7.38. The second-order valence-corrected chi connectivity index (χ2v) is 3.90. The van der Waals surface area contributed by atoms with Crippen LogP contribution in [0.25, 0.3) is 0 Å². The van der Waals surface area contributed by atoms with Gasteiger partial charge >= 0.3 is 0 Å². The predicted molar refractivity (Wildman–Crippen MR) is 45.0 cm³/mol. The molecular weight excluding hydrogens is 164 g/mol. The predicted octanol–water partition coefficient (Wildman–Crippen LogP) is 1.56. The SMILES string of the molecule is Cc1ccc(S([O-])=S)cc1. The molecule has 0 aliphatic rings. The van der Waals surface area contributed by atoms with Crippen LogP contribution >= 0.6 is 0 Å². The molecule has 0 aliphatic carbocycles. The van der Waals surface area contributed by atoms with Crippen LogP contribution in [0, 0.1) is 6.92 Å². The van der Waals surface area contributed by atoms with Gasteiger partial charge in [-0.1, -0.05) is 28.9 Å². The van der Waals surface area contributed by atoms with Crippen molar-refractivity contribution in [2.45, 2.75) is 11.8 Å². The van der Waals surface area contributed by atoms with E-state index in [1.54, 1.807) is 12.1 Å². The number of hydrogen-bond acceptors (Lipinski definition) is 2. The average Bonchev–Trinajstić information content (AvgIpc) is 1.88. The smallest absolute Gasteiger partial charge is 0.00213 e. The monoisotopic (exact) mass is 171 g/mol. The Morgan fingerprint density at radius 1 is 1.30 bits per heavy atom. The van der Waals surface area contributed by atoms with Crippen molar-refractivity contribution in [3.05, 3.63) is 29.8 Å². The largest absolute Gasteiger partial charge is 0.791 e. The molecule has 0 amide bonds. The van der Waals surface area contributed by atoms with E-state index in [1.165, 1.54) is 0 Å². The maximum absolute atomic E-state index is 10.7. The molecule has 0 radical (unpaired) electrons. The summed E-state index contributed by atoms with van der Waals surface area (Å²) in [6.45, 7) is 1.98. The van der Waals surface area contributed by atoms with E-state index < -0.39 is 9.74 Å². The topological polar surface area (TPSA) is 23.1 Å². The fourth-order valence-electron chi connectivity index (χ4n) is 0.649. The fourth-order valence-corrected chi connectivity index (χ4v) is 1.34. The Bertz CT molecular complexity index is 240. The summed E-state index contributed by atoms with van der Waals surface area (Å²) in [5.41, 5.74) is 1.16. The molecule has 0 aromatic heterocycles. The van der Waals surface area contributed by atoms with Gasteiger partial charge in [0.25, 0.3) is 0 Å². The average molecular weight is 171 g/mol. The lowest BCUT2D eigenvalue weighted by molar-refractivity contribution is 0.611. The molecule has 0 bridgehead atoms. The highest BCUT2D eigenvalue weighted by Crippen LogP contribution is 2.05. The molecule has 1 rings (SSSR count). The molecule has 1 atom stereocenters. The highest BCUT2D eigenvalue weighted by Gasteiger charge is 1.85. The van der Waals surface area contributed by atoms with Gasteiger partial charge in [-0.15, -0.1) is 0 Å². The molecule has 0 saturated carbocycles. The van der Waals surface area contributed by atoms with Crippen LogP contribution < -0.4 is 0 Å². The van der Waals surface area contributed by atoms with E-state index in [0.29, 0.717) is 4.90 Å². The molecule has 0 saturated heterocycles. The van der Waals surface area contributed by atoms with E-state index in [0.717, 1.165) is 5.56 Å². The standard InChI is InChI=1S/C7H8OS2/c1-6-2-4-7(5-3-6)10(8)9/h2-5H,1H3,(H,8,9)/p-1. The molecule has 3 heteroatoms. The lowest BCUT2D eigenvalue weighted by atomic mass is 10.2. The quantitative estimate of drug-likeness (QED) is 0.640. The van der Waals surface area contributed by atoms with Crippen molar-refractivity contribution in [2.75, 3.05) is 0 Å². The van der Waals surface area contributed by atoms with E-state index in [1.807, 2.05) is 19.1 Å². The molecule has 0 aliphatic heterocycles. The third kappa shape index (κ3) is 1.87. The fraction of sp³-hybridized carbons (Fsp3) is 0.143. The molecule has 0 fully saturated rings. The van der Waals surface area contributed by atoms with Crippen molar-refractivity contribution in [1.29, 1.82) is 0 Å². The maximum Gasteiger partial charge on any atom is -0.00213 e. The highest BCUT2D eigenvalue weighted by molar-refractivity contribution is 8.25. The lowest BCUT2D eigenvalue weighted by Crippen LogP contribution is -1.85. The molecule has 0 heterocycles. The van der Waals surface area contributed by atoms with Crippen molar-refractivity contribution in [2.24, 2.45) is 0 Å². The van der Waals surface area contributed by atoms with Crippen molar-refractivity contribution < 1.29 is 4.55 Å². The third-order valence-corrected chi connectivity index (χ3v) is 2.45. The molecule has 1 aromatic rings. The summed E-state index contributed by atoms with van der Waals surface area (Å²) >= 11 is 4.56. The van der Waals surface area contributed by atoms with Crippen LogP contribution in [0.15, 0.2) is 29.2 Å². The zero-order valence-electron chi connectivity index (χ0n) is 5.53. The first-order valence-electron chi connectivity index (χ1n) is 2.86. The molecule has 0 N–H and O–H groups in total. The van der Waals surface area contributed by atoms with Crippen LogP contribution in [0.1, 0.15) is 5.56 Å². The van der Waals surface area contributed by atoms with Gasteiger partial charge in [0.2, 0.25) is 0 Å². The first-order chi connectivity index (χ1) is 4.70. The Balaban J connectivity index is 3.00. The Morgan fingerprint density at radius 3 is 2.20 bits per heavy atom. The summed E-state index contributed by atoms with van der Waals surface area (Å²) < 4.78 is 10.7. The van der Waals surface area contributed by atoms with Crippen LogP contribution in [0.2, 0.25) is 0 Å². The Kier molecular flexibility index (Phi) is 2.54. The van der Waals surface area contributed by atoms with Crippen LogP contribution in [0.5, 0.6) is 0 Å². The normalized spacial score (nSPS) is 13.0. The summed E-state index contributed by atoms with van der Waals surface area (Å²) in [7, 11) is -1.25. The highest BCUT2D eigenvalue weighted by atomic mass is 32.8. The van der Waals surface area contributed by atoms with Gasteiger partial charge in [0.1, 0.15) is 0 Å². The Labute approximate surface area is 67.5 Å². The minimum Gasteiger partial charge on any atom is -0.791 e. The van der Waals surface area contributed by atoms with Gasteiger partial charge in [-0.25, -0.2) is 0 Å². The summed E-state index contributed by atoms with van der Waals surface area (Å²) in [4.78, 5) is 0.709. The van der Waals surface area contributed by atoms with Gasteiger partial charge in [-0.2, -0.15) is 9.74 Å².